The van der Waals surface area contributed by atoms with Crippen molar-refractivity contribution >= 4 is 28.5 Å². The maximum atomic E-state index is 13.5. The van der Waals surface area contributed by atoms with Crippen LogP contribution in [0.15, 0.2) is 59.7 Å². The molecule has 0 aliphatic heterocycles. The molecule has 1 aromatic carbocycles. The molecular formula is C28H28ClF2N5O2. The fourth-order valence-electron chi connectivity index (χ4n) is 5.18. The van der Waals surface area contributed by atoms with Crippen LogP contribution in [0, 0.1) is 5.92 Å². The maximum absolute atomic E-state index is 13.5. The first-order chi connectivity index (χ1) is 18.4. The van der Waals surface area contributed by atoms with Gasteiger partial charge in [0.25, 0.3) is 12.3 Å². The average molecular weight is 540 g/mol. The summed E-state index contributed by atoms with van der Waals surface area (Å²) in [5.74, 6) is 0.229. The molecule has 1 saturated carbocycles. The summed E-state index contributed by atoms with van der Waals surface area (Å²) < 4.78 is 30.1. The molecule has 1 fully saturated rings. The average Bonchev–Trinajstić information content (AvgIpc) is 3.20. The van der Waals surface area contributed by atoms with Crippen molar-refractivity contribution in [3.63, 3.8) is 0 Å². The number of carbonyl (C=O) groups is 1. The number of alkyl halides is 2. The molecule has 0 radical (unpaired) electrons. The van der Waals surface area contributed by atoms with Crippen LogP contribution in [0.1, 0.15) is 60.6 Å². The Bertz CT molecular complexity index is 1510. The van der Waals surface area contributed by atoms with Gasteiger partial charge in [-0.15, -0.1) is 0 Å². The maximum Gasteiger partial charge on any atom is 0.334 e. The lowest BCUT2D eigenvalue weighted by atomic mass is 9.85. The number of rotatable bonds is 7. The molecule has 10 heteroatoms. The molecule has 0 atom stereocenters. The van der Waals surface area contributed by atoms with Crippen molar-refractivity contribution < 1.29 is 13.6 Å². The van der Waals surface area contributed by atoms with Crippen LogP contribution in [0.5, 0.6) is 0 Å². The third kappa shape index (κ3) is 5.20. The van der Waals surface area contributed by atoms with E-state index in [1.165, 1.54) is 6.07 Å². The van der Waals surface area contributed by atoms with E-state index in [0.717, 1.165) is 42.1 Å². The molecule has 0 saturated heterocycles. The normalized spacial score (nSPS) is 17.7. The predicted molar refractivity (Wildman–Crippen MR) is 142 cm³/mol. The molecule has 1 aliphatic rings. The number of aryl methyl sites for hydroxylation is 1. The van der Waals surface area contributed by atoms with E-state index in [9.17, 15) is 18.4 Å². The Morgan fingerprint density at radius 2 is 1.82 bits per heavy atom. The van der Waals surface area contributed by atoms with Crippen molar-refractivity contribution in [3.05, 3.63) is 87.2 Å². The summed E-state index contributed by atoms with van der Waals surface area (Å²) >= 11 is 5.89. The molecule has 5 rings (SSSR count). The SMILES string of the molecule is CCc1ccc(-n2c(=O)n(CC3CCC(NC(=O)c4cc(Cl)cnc4C(F)F)CC3)c3ccccc32)nc1. The number of hydrogen-bond donors (Lipinski definition) is 1. The Hall–Kier alpha value is -3.59. The topological polar surface area (TPSA) is 81.8 Å². The highest BCUT2D eigenvalue weighted by Gasteiger charge is 2.27. The van der Waals surface area contributed by atoms with E-state index in [2.05, 4.69) is 22.2 Å². The van der Waals surface area contributed by atoms with Crippen molar-refractivity contribution in [3.8, 4) is 5.82 Å². The summed E-state index contributed by atoms with van der Waals surface area (Å²) in [5, 5.41) is 3.00. The fraction of sp³-hybridized carbons (Fsp3) is 0.357. The molecular weight excluding hydrogens is 512 g/mol. The van der Waals surface area contributed by atoms with Crippen LogP contribution in [0.4, 0.5) is 8.78 Å². The lowest BCUT2D eigenvalue weighted by Gasteiger charge is -2.29. The number of halogens is 3. The lowest BCUT2D eigenvalue weighted by Crippen LogP contribution is -2.39. The van der Waals surface area contributed by atoms with E-state index < -0.39 is 18.0 Å². The molecule has 7 nitrogen and oxygen atoms in total. The van der Waals surface area contributed by atoms with Crippen LogP contribution < -0.4 is 11.0 Å². The van der Waals surface area contributed by atoms with Gasteiger partial charge in [0, 0.05) is 25.0 Å². The van der Waals surface area contributed by atoms with Crippen molar-refractivity contribution in [2.24, 2.45) is 5.92 Å². The number of para-hydroxylation sites is 2. The van der Waals surface area contributed by atoms with Crippen molar-refractivity contribution in [2.75, 3.05) is 0 Å². The molecule has 1 aliphatic carbocycles. The van der Waals surface area contributed by atoms with Gasteiger partial charge in [0.1, 0.15) is 11.5 Å². The predicted octanol–water partition coefficient (Wildman–Crippen LogP) is 5.72. The molecule has 4 aromatic rings. The number of nitrogens with one attached hydrogen (secondary N) is 1. The van der Waals surface area contributed by atoms with Gasteiger partial charge in [0.2, 0.25) is 0 Å². The quantitative estimate of drug-likeness (QED) is 0.325. The van der Waals surface area contributed by atoms with Gasteiger partial charge in [-0.25, -0.2) is 23.1 Å². The molecule has 3 aromatic heterocycles. The Morgan fingerprint density at radius 3 is 2.47 bits per heavy atom. The van der Waals surface area contributed by atoms with Gasteiger partial charge in [0.15, 0.2) is 0 Å². The number of nitrogens with zero attached hydrogens (tertiary/aromatic N) is 4. The molecule has 0 unspecified atom stereocenters. The number of amides is 1. The third-order valence-electron chi connectivity index (χ3n) is 7.24. The van der Waals surface area contributed by atoms with Gasteiger partial charge < -0.3 is 5.32 Å². The number of fused-ring (bicyclic) bond motifs is 1. The van der Waals surface area contributed by atoms with Gasteiger partial charge in [0.05, 0.1) is 21.6 Å². The molecule has 1 N–H and O–H groups in total. The number of aromatic nitrogens is 4. The van der Waals surface area contributed by atoms with Gasteiger partial charge in [-0.3, -0.25) is 14.3 Å². The largest absolute Gasteiger partial charge is 0.349 e. The second-order valence-corrected chi connectivity index (χ2v) is 10.1. The zero-order valence-corrected chi connectivity index (χ0v) is 21.7. The van der Waals surface area contributed by atoms with Gasteiger partial charge in [-0.05, 0) is 67.9 Å². The number of carbonyl (C=O) groups excluding carboxylic acids is 1. The summed E-state index contributed by atoms with van der Waals surface area (Å²) in [4.78, 5) is 34.4. The summed E-state index contributed by atoms with van der Waals surface area (Å²) in [6.07, 6.45) is 3.85. The van der Waals surface area contributed by atoms with Crippen LogP contribution in [0.3, 0.4) is 0 Å². The van der Waals surface area contributed by atoms with Crippen molar-refractivity contribution in [1.29, 1.82) is 0 Å². The highest BCUT2D eigenvalue weighted by Crippen LogP contribution is 2.28. The molecule has 38 heavy (non-hydrogen) atoms. The summed E-state index contributed by atoms with van der Waals surface area (Å²) in [7, 11) is 0. The molecule has 0 bridgehead atoms. The Balaban J connectivity index is 1.30. The van der Waals surface area contributed by atoms with E-state index in [1.807, 2.05) is 36.4 Å². The van der Waals surface area contributed by atoms with E-state index in [4.69, 9.17) is 11.6 Å². The Labute approximate surface area is 223 Å². The number of hydrogen-bond acceptors (Lipinski definition) is 4. The summed E-state index contributed by atoms with van der Waals surface area (Å²) in [6.45, 7) is 2.61. The van der Waals surface area contributed by atoms with Crippen LogP contribution in [0.25, 0.3) is 16.9 Å². The minimum atomic E-state index is -2.87. The standard InChI is InChI=1S/C28H28ClF2N5O2/c1-2-17-9-12-24(32-14-17)36-23-6-4-3-5-22(23)35(28(36)38)16-18-7-10-20(11-8-18)34-27(37)21-13-19(29)15-33-25(21)26(30)31/h3-6,9,12-15,18,20,26H,2,7-8,10-11,16H2,1H3,(H,34,37). The summed E-state index contributed by atoms with van der Waals surface area (Å²) in [6, 6.07) is 12.6. The zero-order valence-electron chi connectivity index (χ0n) is 20.9. The first kappa shape index (κ1) is 26.0. The summed E-state index contributed by atoms with van der Waals surface area (Å²) in [5.41, 5.74) is 1.85. The van der Waals surface area contributed by atoms with Crippen LogP contribution >= 0.6 is 11.6 Å². The lowest BCUT2D eigenvalue weighted by molar-refractivity contribution is 0.0904. The van der Waals surface area contributed by atoms with Crippen LogP contribution in [-0.2, 0) is 13.0 Å². The van der Waals surface area contributed by atoms with Gasteiger partial charge in [-0.2, -0.15) is 0 Å². The van der Waals surface area contributed by atoms with E-state index >= 15 is 0 Å². The molecule has 3 heterocycles. The number of pyridine rings is 2. The smallest absolute Gasteiger partial charge is 0.334 e. The highest BCUT2D eigenvalue weighted by molar-refractivity contribution is 6.30. The van der Waals surface area contributed by atoms with E-state index in [1.54, 1.807) is 15.3 Å². The van der Waals surface area contributed by atoms with Crippen molar-refractivity contribution in [2.45, 2.75) is 58.0 Å². The van der Waals surface area contributed by atoms with Gasteiger partial charge in [-0.1, -0.05) is 36.7 Å². The van der Waals surface area contributed by atoms with E-state index in [0.29, 0.717) is 25.2 Å². The van der Waals surface area contributed by atoms with Crippen LogP contribution in [-0.4, -0.2) is 31.1 Å². The van der Waals surface area contributed by atoms with Gasteiger partial charge >= 0.3 is 5.69 Å². The first-order valence-corrected chi connectivity index (χ1v) is 13.1. The number of benzene rings is 1. The molecule has 0 spiro atoms. The molecule has 1 amide bonds. The second-order valence-electron chi connectivity index (χ2n) is 9.67. The zero-order chi connectivity index (χ0) is 26.8. The fourth-order valence-corrected chi connectivity index (χ4v) is 5.34. The van der Waals surface area contributed by atoms with E-state index in [-0.39, 0.29) is 28.2 Å². The Morgan fingerprint density at radius 1 is 1.08 bits per heavy atom. The minimum absolute atomic E-state index is 0.129. The monoisotopic (exact) mass is 539 g/mol. The number of imidazole rings is 1. The second kappa shape index (κ2) is 11.0. The minimum Gasteiger partial charge on any atom is -0.349 e. The molecule has 198 valence electrons. The third-order valence-corrected chi connectivity index (χ3v) is 7.45. The van der Waals surface area contributed by atoms with Crippen molar-refractivity contribution in [1.82, 2.24) is 24.4 Å². The van der Waals surface area contributed by atoms with Crippen LogP contribution in [0.2, 0.25) is 5.02 Å². The first-order valence-electron chi connectivity index (χ1n) is 12.8. The highest BCUT2D eigenvalue weighted by atomic mass is 35.5. The Kier molecular flexibility index (Phi) is 7.56.